The largest absolute Gasteiger partial charge is 0.468 e. The molecule has 0 aliphatic heterocycles. The molecule has 0 aliphatic rings. The van der Waals surface area contributed by atoms with E-state index in [1.165, 1.54) is 0 Å². The smallest absolute Gasteiger partial charge is 0.293 e. The van der Waals surface area contributed by atoms with Crippen LogP contribution in [0.25, 0.3) is 0 Å². The lowest BCUT2D eigenvalue weighted by molar-refractivity contribution is -0.128. The van der Waals surface area contributed by atoms with Crippen molar-refractivity contribution in [2.75, 3.05) is 6.61 Å². The van der Waals surface area contributed by atoms with Crippen molar-refractivity contribution in [2.45, 2.75) is 19.8 Å². The summed E-state index contributed by atoms with van der Waals surface area (Å²) in [6, 6.07) is 0. The number of unbranched alkanes of at least 4 members (excludes halogenated alkanes) is 1. The molecule has 3 heteroatoms. The van der Waals surface area contributed by atoms with Gasteiger partial charge in [-0.1, -0.05) is 13.3 Å². The molecular weight excluding hydrogens is 108 g/mol. The summed E-state index contributed by atoms with van der Waals surface area (Å²) in [6.07, 6.45) is 2.05. The lowest BCUT2D eigenvalue weighted by Gasteiger charge is -1.90. The van der Waals surface area contributed by atoms with Crippen LogP contribution >= 0.6 is 0 Å². The van der Waals surface area contributed by atoms with E-state index in [1.54, 1.807) is 0 Å². The van der Waals surface area contributed by atoms with Gasteiger partial charge in [0.05, 0.1) is 6.61 Å². The van der Waals surface area contributed by atoms with E-state index in [0.717, 1.165) is 12.8 Å². The highest BCUT2D eigenvalue weighted by atomic mass is 16.5. The molecule has 0 saturated heterocycles. The van der Waals surface area contributed by atoms with Gasteiger partial charge in [0, 0.05) is 0 Å². The highest BCUT2D eigenvalue weighted by Crippen LogP contribution is 1.83. The zero-order valence-corrected chi connectivity index (χ0v) is 5.02. The third-order valence-electron chi connectivity index (χ3n) is 0.684. The summed E-state index contributed by atoms with van der Waals surface area (Å²) in [5.74, 6) is 0. The van der Waals surface area contributed by atoms with Crippen molar-refractivity contribution in [1.29, 1.82) is 0 Å². The van der Waals surface area contributed by atoms with Crippen LogP contribution < -0.4 is 0 Å². The van der Waals surface area contributed by atoms with Crippen molar-refractivity contribution < 1.29 is 15.0 Å². The first-order valence-corrected chi connectivity index (χ1v) is 2.47. The monoisotopic (exact) mass is 120 g/mol. The Hall–Kier alpha value is -0.570. The molecule has 0 fully saturated rings. The fraction of sp³-hybridized carbons (Fsp3) is 0.800. The lowest BCUT2D eigenvalue weighted by Crippen LogP contribution is -1.88. The summed E-state index contributed by atoms with van der Waals surface area (Å²) in [7, 11) is 0. The Kier molecular flexibility index (Phi) is 12.6. The molecule has 0 aliphatic carbocycles. The summed E-state index contributed by atoms with van der Waals surface area (Å²) >= 11 is 0. The second-order valence-corrected chi connectivity index (χ2v) is 1.32. The van der Waals surface area contributed by atoms with Crippen LogP contribution in [-0.2, 0) is 9.53 Å². The van der Waals surface area contributed by atoms with Crippen molar-refractivity contribution in [3.63, 3.8) is 0 Å². The van der Waals surface area contributed by atoms with Gasteiger partial charge in [0.2, 0.25) is 0 Å². The fourth-order valence-electron chi connectivity index (χ4n) is 0.276. The second kappa shape index (κ2) is 9.66. The number of rotatable bonds is 4. The van der Waals surface area contributed by atoms with Gasteiger partial charge in [-0.3, -0.25) is 4.79 Å². The summed E-state index contributed by atoms with van der Waals surface area (Å²) in [6.45, 7) is 3.10. The molecule has 8 heavy (non-hydrogen) atoms. The zero-order valence-electron chi connectivity index (χ0n) is 5.02. The lowest BCUT2D eigenvalue weighted by atomic mass is 10.4. The average molecular weight is 120 g/mol. The molecule has 0 aromatic heterocycles. The Morgan fingerprint density at radius 3 is 2.62 bits per heavy atom. The van der Waals surface area contributed by atoms with Gasteiger partial charge in [0.15, 0.2) is 0 Å². The molecular formula is C5H12O3. The molecule has 0 radical (unpaired) electrons. The number of carbonyl (C=O) groups excluding carboxylic acids is 1. The summed E-state index contributed by atoms with van der Waals surface area (Å²) in [5, 5.41) is 0. The van der Waals surface area contributed by atoms with Crippen molar-refractivity contribution in [3.8, 4) is 0 Å². The molecule has 0 unspecified atom stereocenters. The molecule has 0 atom stereocenters. The topological polar surface area (TPSA) is 57.8 Å². The maximum Gasteiger partial charge on any atom is 0.293 e. The second-order valence-electron chi connectivity index (χ2n) is 1.32. The van der Waals surface area contributed by atoms with Crippen LogP contribution in [0.5, 0.6) is 0 Å². The van der Waals surface area contributed by atoms with Crippen LogP contribution in [0.3, 0.4) is 0 Å². The summed E-state index contributed by atoms with van der Waals surface area (Å²) in [5.41, 5.74) is 0. The van der Waals surface area contributed by atoms with E-state index < -0.39 is 0 Å². The molecule has 2 N–H and O–H groups in total. The third kappa shape index (κ3) is 9.06. The molecule has 0 bridgehead atoms. The zero-order chi connectivity index (χ0) is 5.54. The maximum absolute atomic E-state index is 9.46. The predicted octanol–water partition coefficient (Wildman–Crippen LogP) is 0.135. The predicted molar refractivity (Wildman–Crippen MR) is 30.5 cm³/mol. The number of carbonyl (C=O) groups is 1. The van der Waals surface area contributed by atoms with Crippen molar-refractivity contribution in [2.24, 2.45) is 0 Å². The number of ether oxygens (including phenoxy) is 1. The molecule has 0 aromatic rings. The minimum Gasteiger partial charge on any atom is -0.468 e. The van der Waals surface area contributed by atoms with E-state index >= 15 is 0 Å². The Morgan fingerprint density at radius 1 is 1.62 bits per heavy atom. The SMILES string of the molecule is CCCCOC=O.O. The molecule has 0 aromatic carbocycles. The van der Waals surface area contributed by atoms with E-state index in [2.05, 4.69) is 4.74 Å². The van der Waals surface area contributed by atoms with E-state index in [-0.39, 0.29) is 5.48 Å². The molecule has 50 valence electrons. The van der Waals surface area contributed by atoms with Gasteiger partial charge in [-0.05, 0) is 6.42 Å². The van der Waals surface area contributed by atoms with E-state index in [1.807, 2.05) is 6.92 Å². The Balaban J connectivity index is 0. The van der Waals surface area contributed by atoms with Gasteiger partial charge in [0.1, 0.15) is 0 Å². The van der Waals surface area contributed by atoms with Crippen molar-refractivity contribution in [3.05, 3.63) is 0 Å². The standard InChI is InChI=1S/C5H10O2.H2O/c1-2-3-4-7-5-6;/h5H,2-4H2,1H3;1H2. The van der Waals surface area contributed by atoms with Crippen LogP contribution in [0.4, 0.5) is 0 Å². The van der Waals surface area contributed by atoms with Gasteiger partial charge < -0.3 is 10.2 Å². The first-order valence-electron chi connectivity index (χ1n) is 2.47. The Labute approximate surface area is 49.0 Å². The summed E-state index contributed by atoms with van der Waals surface area (Å²) < 4.78 is 4.39. The quantitative estimate of drug-likeness (QED) is 0.391. The first kappa shape index (κ1) is 10.4. The third-order valence-corrected chi connectivity index (χ3v) is 0.684. The van der Waals surface area contributed by atoms with Crippen LogP contribution in [0.1, 0.15) is 19.8 Å². The normalized spacial score (nSPS) is 7.12. The molecule has 0 rings (SSSR count). The average Bonchev–Trinajstić information content (AvgIpc) is 1.69. The minimum atomic E-state index is 0. The first-order chi connectivity index (χ1) is 3.41. The molecule has 0 heterocycles. The highest BCUT2D eigenvalue weighted by Gasteiger charge is 1.78. The van der Waals surface area contributed by atoms with Gasteiger partial charge in [0.25, 0.3) is 6.47 Å². The maximum atomic E-state index is 9.46. The van der Waals surface area contributed by atoms with Crippen LogP contribution in [0.15, 0.2) is 0 Å². The van der Waals surface area contributed by atoms with Gasteiger partial charge in [-0.15, -0.1) is 0 Å². The van der Waals surface area contributed by atoms with Crippen molar-refractivity contribution >= 4 is 6.47 Å². The van der Waals surface area contributed by atoms with Crippen LogP contribution in [0, 0.1) is 0 Å². The van der Waals surface area contributed by atoms with Gasteiger partial charge >= 0.3 is 0 Å². The fourth-order valence-corrected chi connectivity index (χ4v) is 0.276. The van der Waals surface area contributed by atoms with Gasteiger partial charge in [-0.2, -0.15) is 0 Å². The number of hydrogen-bond donors (Lipinski definition) is 0. The van der Waals surface area contributed by atoms with Crippen molar-refractivity contribution in [1.82, 2.24) is 0 Å². The van der Waals surface area contributed by atoms with Crippen LogP contribution in [-0.4, -0.2) is 18.6 Å². The summed E-state index contributed by atoms with van der Waals surface area (Å²) in [4.78, 5) is 9.46. The molecule has 0 spiro atoms. The van der Waals surface area contributed by atoms with E-state index in [9.17, 15) is 4.79 Å². The van der Waals surface area contributed by atoms with Gasteiger partial charge in [-0.25, -0.2) is 0 Å². The highest BCUT2D eigenvalue weighted by molar-refractivity contribution is 5.36. The van der Waals surface area contributed by atoms with E-state index in [4.69, 9.17) is 0 Å². The Morgan fingerprint density at radius 2 is 2.25 bits per heavy atom. The molecule has 3 nitrogen and oxygen atoms in total. The minimum absolute atomic E-state index is 0. The number of hydrogen-bond acceptors (Lipinski definition) is 2. The molecule has 0 saturated carbocycles. The van der Waals surface area contributed by atoms with E-state index in [0.29, 0.717) is 13.1 Å². The Bertz CT molecular complexity index is 44.9. The molecule has 0 amide bonds. The van der Waals surface area contributed by atoms with Crippen LogP contribution in [0.2, 0.25) is 0 Å².